The summed E-state index contributed by atoms with van der Waals surface area (Å²) in [5, 5.41) is 12.6. The monoisotopic (exact) mass is 458 g/mol. The van der Waals surface area contributed by atoms with Crippen LogP contribution in [0.2, 0.25) is 5.02 Å². The van der Waals surface area contributed by atoms with E-state index in [2.05, 4.69) is 34.5 Å². The number of unbranched alkanes of at least 4 members (excludes halogenated alkanes) is 1. The lowest BCUT2D eigenvalue weighted by molar-refractivity contribution is -0.131. The number of carboxylic acids is 1. The summed E-state index contributed by atoms with van der Waals surface area (Å²) in [5.41, 5.74) is 4.93. The SMILES string of the molecule is COCCOc1ccc2c(c1)CCc1ccc(Cl)cc1N2CCCCNCC=CC(=O)O. The lowest BCUT2D eigenvalue weighted by atomic mass is 10.0. The number of ether oxygens (including phenoxy) is 2. The molecule has 1 aliphatic heterocycles. The molecule has 0 spiro atoms. The zero-order chi connectivity index (χ0) is 22.8. The predicted octanol–water partition coefficient (Wildman–Crippen LogP) is 4.61. The molecular weight excluding hydrogens is 428 g/mol. The van der Waals surface area contributed by atoms with Gasteiger partial charge >= 0.3 is 5.97 Å². The maximum atomic E-state index is 10.5. The number of nitrogens with zero attached hydrogens (tertiary/aromatic N) is 1. The highest BCUT2D eigenvalue weighted by atomic mass is 35.5. The molecule has 6 nitrogen and oxygen atoms in total. The Morgan fingerprint density at radius 1 is 1.12 bits per heavy atom. The quantitative estimate of drug-likeness (QED) is 0.357. The highest BCUT2D eigenvalue weighted by Crippen LogP contribution is 2.39. The van der Waals surface area contributed by atoms with E-state index in [9.17, 15) is 4.79 Å². The molecule has 2 N–H and O–H groups in total. The van der Waals surface area contributed by atoms with Crippen LogP contribution in [0.4, 0.5) is 11.4 Å². The van der Waals surface area contributed by atoms with E-state index in [1.165, 1.54) is 22.5 Å². The maximum Gasteiger partial charge on any atom is 0.328 e. The Kier molecular flexibility index (Phi) is 9.41. The minimum Gasteiger partial charge on any atom is -0.491 e. The lowest BCUT2D eigenvalue weighted by Crippen LogP contribution is -2.22. The number of nitrogens with one attached hydrogen (secondary N) is 1. The largest absolute Gasteiger partial charge is 0.491 e. The number of halogens is 1. The molecule has 172 valence electrons. The van der Waals surface area contributed by atoms with E-state index < -0.39 is 5.97 Å². The number of hydrogen-bond donors (Lipinski definition) is 2. The summed E-state index contributed by atoms with van der Waals surface area (Å²) >= 11 is 6.36. The van der Waals surface area contributed by atoms with E-state index in [-0.39, 0.29) is 0 Å². The van der Waals surface area contributed by atoms with Gasteiger partial charge in [-0.1, -0.05) is 23.7 Å². The fourth-order valence-corrected chi connectivity index (χ4v) is 4.03. The Bertz CT molecular complexity index is 932. The minimum atomic E-state index is -0.920. The van der Waals surface area contributed by atoms with Crippen LogP contribution in [0.5, 0.6) is 5.75 Å². The first kappa shape index (κ1) is 24.1. The summed E-state index contributed by atoms with van der Waals surface area (Å²) in [4.78, 5) is 12.9. The Balaban J connectivity index is 1.69. The summed E-state index contributed by atoms with van der Waals surface area (Å²) in [7, 11) is 1.67. The molecule has 2 aromatic rings. The van der Waals surface area contributed by atoms with E-state index in [4.69, 9.17) is 26.2 Å². The molecular formula is C25H31ClN2O4. The third kappa shape index (κ3) is 6.99. The van der Waals surface area contributed by atoms with Crippen molar-refractivity contribution in [3.63, 3.8) is 0 Å². The molecule has 2 aromatic carbocycles. The first-order chi connectivity index (χ1) is 15.6. The van der Waals surface area contributed by atoms with Gasteiger partial charge in [0.05, 0.1) is 6.61 Å². The van der Waals surface area contributed by atoms with Gasteiger partial charge in [-0.3, -0.25) is 0 Å². The molecule has 7 heteroatoms. The van der Waals surface area contributed by atoms with Crippen molar-refractivity contribution in [2.24, 2.45) is 0 Å². The van der Waals surface area contributed by atoms with E-state index in [1.807, 2.05) is 12.1 Å². The molecule has 0 aromatic heterocycles. The van der Waals surface area contributed by atoms with Crippen molar-refractivity contribution < 1.29 is 19.4 Å². The number of anilines is 2. The maximum absolute atomic E-state index is 10.5. The number of methoxy groups -OCH3 is 1. The number of carboxylic acid groups (broad SMARTS) is 1. The smallest absolute Gasteiger partial charge is 0.328 e. The van der Waals surface area contributed by atoms with Crippen LogP contribution < -0.4 is 15.0 Å². The Labute approximate surface area is 194 Å². The van der Waals surface area contributed by atoms with Gasteiger partial charge in [0.25, 0.3) is 0 Å². The molecule has 0 saturated carbocycles. The van der Waals surface area contributed by atoms with Gasteiger partial charge in [-0.15, -0.1) is 0 Å². The van der Waals surface area contributed by atoms with Crippen LogP contribution >= 0.6 is 11.6 Å². The minimum absolute atomic E-state index is 0.531. The predicted molar refractivity (Wildman–Crippen MR) is 129 cm³/mol. The summed E-state index contributed by atoms with van der Waals surface area (Å²) in [6, 6.07) is 12.5. The van der Waals surface area contributed by atoms with Gasteiger partial charge in [0.2, 0.25) is 0 Å². The van der Waals surface area contributed by atoms with Gasteiger partial charge in [0, 0.05) is 42.7 Å². The Hall–Kier alpha value is -2.54. The second-order valence-corrected chi connectivity index (χ2v) is 8.14. The number of carbonyl (C=O) groups is 1. The van der Waals surface area contributed by atoms with Crippen molar-refractivity contribution in [3.05, 3.63) is 64.7 Å². The van der Waals surface area contributed by atoms with Crippen LogP contribution in [0.3, 0.4) is 0 Å². The summed E-state index contributed by atoms with van der Waals surface area (Å²) in [5.74, 6) is -0.0560. The zero-order valence-electron chi connectivity index (χ0n) is 18.5. The van der Waals surface area contributed by atoms with Crippen molar-refractivity contribution >= 4 is 28.9 Å². The Morgan fingerprint density at radius 2 is 1.97 bits per heavy atom. The molecule has 0 unspecified atom stereocenters. The molecule has 0 amide bonds. The number of hydrogen-bond acceptors (Lipinski definition) is 5. The topological polar surface area (TPSA) is 71.0 Å². The summed E-state index contributed by atoms with van der Waals surface area (Å²) in [6.45, 7) is 3.36. The lowest BCUT2D eigenvalue weighted by Gasteiger charge is -2.27. The second-order valence-electron chi connectivity index (χ2n) is 7.71. The summed E-state index contributed by atoms with van der Waals surface area (Å²) in [6.07, 6.45) is 6.66. The van der Waals surface area contributed by atoms with E-state index in [1.54, 1.807) is 13.2 Å². The molecule has 1 aliphatic rings. The van der Waals surface area contributed by atoms with Gasteiger partial charge in [-0.2, -0.15) is 0 Å². The number of aliphatic carboxylic acids is 1. The van der Waals surface area contributed by atoms with Crippen LogP contribution in [-0.4, -0.2) is 51.0 Å². The van der Waals surface area contributed by atoms with E-state index in [0.717, 1.165) is 55.6 Å². The highest BCUT2D eigenvalue weighted by molar-refractivity contribution is 6.30. The first-order valence-corrected chi connectivity index (χ1v) is 11.4. The number of benzene rings is 2. The fraction of sp³-hybridized carbons (Fsp3) is 0.400. The molecule has 3 rings (SSSR count). The Morgan fingerprint density at radius 3 is 2.78 bits per heavy atom. The van der Waals surface area contributed by atoms with E-state index in [0.29, 0.717) is 19.8 Å². The van der Waals surface area contributed by atoms with Crippen molar-refractivity contribution in [2.45, 2.75) is 25.7 Å². The first-order valence-electron chi connectivity index (χ1n) is 11.0. The standard InChI is InChI=1S/C25H31ClN2O4/c1-31-15-16-32-22-10-11-23-20(17-22)7-6-19-8-9-21(26)18-24(19)28(23)14-3-2-12-27-13-4-5-25(29)30/h4-5,8-11,17-18,27H,2-3,6-7,12-16H2,1H3,(H,29,30). The van der Waals surface area contributed by atoms with Crippen molar-refractivity contribution in [3.8, 4) is 5.75 Å². The number of aryl methyl sites for hydroxylation is 2. The van der Waals surface area contributed by atoms with Gasteiger partial charge in [0.15, 0.2) is 0 Å². The average molecular weight is 459 g/mol. The molecule has 1 heterocycles. The van der Waals surface area contributed by atoms with Gasteiger partial charge < -0.3 is 24.8 Å². The van der Waals surface area contributed by atoms with Crippen LogP contribution in [-0.2, 0) is 22.4 Å². The molecule has 32 heavy (non-hydrogen) atoms. The molecule has 0 atom stereocenters. The third-order valence-electron chi connectivity index (χ3n) is 5.41. The molecule has 0 radical (unpaired) electrons. The second kappa shape index (κ2) is 12.5. The van der Waals surface area contributed by atoms with Crippen LogP contribution in [0.15, 0.2) is 48.6 Å². The van der Waals surface area contributed by atoms with Crippen LogP contribution in [0.25, 0.3) is 0 Å². The molecule has 0 saturated heterocycles. The van der Waals surface area contributed by atoms with Crippen molar-refractivity contribution in [1.29, 1.82) is 0 Å². The fourth-order valence-electron chi connectivity index (χ4n) is 3.86. The normalized spacial score (nSPS) is 13.0. The van der Waals surface area contributed by atoms with Crippen LogP contribution in [0.1, 0.15) is 24.0 Å². The molecule has 0 fully saturated rings. The number of fused-ring (bicyclic) bond motifs is 2. The number of rotatable bonds is 12. The van der Waals surface area contributed by atoms with Gasteiger partial charge in [-0.05, 0) is 73.7 Å². The van der Waals surface area contributed by atoms with Gasteiger partial charge in [0.1, 0.15) is 12.4 Å². The average Bonchev–Trinajstić information content (AvgIpc) is 2.92. The van der Waals surface area contributed by atoms with Crippen LogP contribution in [0, 0.1) is 0 Å². The zero-order valence-corrected chi connectivity index (χ0v) is 19.2. The van der Waals surface area contributed by atoms with Gasteiger partial charge in [-0.25, -0.2) is 4.79 Å². The third-order valence-corrected chi connectivity index (χ3v) is 5.64. The van der Waals surface area contributed by atoms with Crippen molar-refractivity contribution in [2.75, 3.05) is 44.9 Å². The van der Waals surface area contributed by atoms with Crippen molar-refractivity contribution in [1.82, 2.24) is 5.32 Å². The molecule has 0 bridgehead atoms. The highest BCUT2D eigenvalue weighted by Gasteiger charge is 2.21. The van der Waals surface area contributed by atoms with E-state index >= 15 is 0 Å². The molecule has 0 aliphatic carbocycles. The summed E-state index contributed by atoms with van der Waals surface area (Å²) < 4.78 is 10.9.